The summed E-state index contributed by atoms with van der Waals surface area (Å²) in [5.74, 6) is -0.643. The second-order valence-corrected chi connectivity index (χ2v) is 17.5. The third kappa shape index (κ3) is 8.75. The average molecular weight is 847 g/mol. The number of ether oxygens (including phenoxy) is 2. The zero-order valence-electron chi connectivity index (χ0n) is 35.3. The number of aryl methyl sites for hydroxylation is 1. The summed E-state index contributed by atoms with van der Waals surface area (Å²) in [5.41, 5.74) is 14.9. The van der Waals surface area contributed by atoms with Crippen LogP contribution in [0.4, 0.5) is 22.0 Å². The number of piperidine rings is 1. The molecule has 1 spiro atoms. The molecule has 3 aromatic heterocycles. The van der Waals surface area contributed by atoms with Crippen molar-refractivity contribution in [3.8, 4) is 17.0 Å². The third-order valence-corrected chi connectivity index (χ3v) is 11.8. The quantitative estimate of drug-likeness (QED) is 0.134. The van der Waals surface area contributed by atoms with Gasteiger partial charge in [-0.25, -0.2) is 19.3 Å². The minimum absolute atomic E-state index is 0.0394. The highest BCUT2D eigenvalue weighted by Gasteiger charge is 2.45. The highest BCUT2D eigenvalue weighted by atomic mass is 19.1. The van der Waals surface area contributed by atoms with E-state index in [1.165, 1.54) is 11.0 Å². The number of hydrogen-bond acceptors (Lipinski definition) is 12. The van der Waals surface area contributed by atoms with Crippen LogP contribution in [0.3, 0.4) is 0 Å². The van der Waals surface area contributed by atoms with Gasteiger partial charge in [-0.15, -0.1) is 0 Å². The number of nitrogen functional groups attached to an aromatic ring is 1. The summed E-state index contributed by atoms with van der Waals surface area (Å²) in [6, 6.07) is 12.2. The predicted octanol–water partition coefficient (Wildman–Crippen LogP) is 4.99. The van der Waals surface area contributed by atoms with E-state index in [0.29, 0.717) is 40.9 Å². The Morgan fingerprint density at radius 3 is 2.47 bits per heavy atom. The molecule has 0 radical (unpaired) electrons. The summed E-state index contributed by atoms with van der Waals surface area (Å²) in [7, 11) is 0. The molecule has 3 aliphatic rings. The van der Waals surface area contributed by atoms with Crippen LogP contribution in [0, 0.1) is 18.2 Å². The molecule has 5 aromatic rings. The van der Waals surface area contributed by atoms with Gasteiger partial charge in [-0.05, 0) is 112 Å². The standard InChI is InChI=1S/C45H51FN10O6/c1-27-11-14-49-35(21-27)51-41(59)28-5-7-32(33(46)23-28)37-38-39(47)50-15-18-55(38)43(52-37)54-16-12-45(13-17-54)25-53(26-45)19-20-61-30-6-8-31-29(22-30)24-56(42(31)60)34(40(48)58)9-10-36(57)62-44(2,3)4/h5-8,11,14-15,18,21-23,34H,9-10,12-13,16-17,19-20,24-26H2,1-4H3,(H2,47,50)(H2,48,58)(H,49,51,59). The molecule has 3 aliphatic heterocycles. The van der Waals surface area contributed by atoms with Gasteiger partial charge in [-0.2, -0.15) is 0 Å². The number of pyridine rings is 1. The van der Waals surface area contributed by atoms with Crippen molar-refractivity contribution in [3.05, 3.63) is 95.2 Å². The molecular formula is C45H51FN10O6. The Morgan fingerprint density at radius 1 is 1.00 bits per heavy atom. The minimum Gasteiger partial charge on any atom is -0.492 e. The van der Waals surface area contributed by atoms with Crippen molar-refractivity contribution in [2.24, 2.45) is 11.1 Å². The Bertz CT molecular complexity index is 2560. The summed E-state index contributed by atoms with van der Waals surface area (Å²) in [4.78, 5) is 70.3. The van der Waals surface area contributed by atoms with Crippen LogP contribution in [0.25, 0.3) is 16.8 Å². The fourth-order valence-corrected chi connectivity index (χ4v) is 8.71. The first-order valence-electron chi connectivity index (χ1n) is 20.8. The highest BCUT2D eigenvalue weighted by Crippen LogP contribution is 2.42. The molecule has 0 saturated carbocycles. The van der Waals surface area contributed by atoms with E-state index in [1.807, 2.05) is 23.5 Å². The van der Waals surface area contributed by atoms with Gasteiger partial charge in [0.05, 0.1) is 0 Å². The van der Waals surface area contributed by atoms with E-state index in [0.717, 1.165) is 56.7 Å². The maximum atomic E-state index is 15.8. The molecule has 2 fully saturated rings. The number of nitrogens with one attached hydrogen (secondary N) is 1. The monoisotopic (exact) mass is 846 g/mol. The summed E-state index contributed by atoms with van der Waals surface area (Å²) >= 11 is 0. The van der Waals surface area contributed by atoms with Gasteiger partial charge in [0.15, 0.2) is 0 Å². The molecule has 8 rings (SSSR count). The normalized spacial score (nSPS) is 16.6. The molecule has 6 heterocycles. The van der Waals surface area contributed by atoms with Gasteiger partial charge in [0.2, 0.25) is 11.9 Å². The largest absolute Gasteiger partial charge is 0.492 e. The zero-order chi connectivity index (χ0) is 43.9. The Labute approximate surface area is 358 Å². The number of nitrogens with two attached hydrogens (primary N) is 2. The van der Waals surface area contributed by atoms with E-state index in [-0.39, 0.29) is 47.7 Å². The Balaban J connectivity index is 0.844. The van der Waals surface area contributed by atoms with Crippen LogP contribution in [0.5, 0.6) is 5.75 Å². The van der Waals surface area contributed by atoms with Crippen LogP contribution >= 0.6 is 0 Å². The van der Waals surface area contributed by atoms with Gasteiger partial charge in [0.25, 0.3) is 11.8 Å². The Hall–Kier alpha value is -6.62. The average Bonchev–Trinajstić information content (AvgIpc) is 3.75. The number of nitrogens with zero attached hydrogens (tertiary/aromatic N) is 7. The second-order valence-electron chi connectivity index (χ2n) is 17.5. The molecule has 0 aliphatic carbocycles. The number of primary amides is 1. The second kappa shape index (κ2) is 16.7. The number of carbonyl (C=O) groups excluding carboxylic acids is 4. The number of likely N-dealkylation sites (tertiary alicyclic amines) is 1. The van der Waals surface area contributed by atoms with Crippen LogP contribution in [-0.2, 0) is 20.9 Å². The third-order valence-electron chi connectivity index (χ3n) is 11.8. The van der Waals surface area contributed by atoms with Gasteiger partial charge in [-0.3, -0.25) is 28.5 Å². The van der Waals surface area contributed by atoms with Crippen molar-refractivity contribution in [3.63, 3.8) is 0 Å². The van der Waals surface area contributed by atoms with Crippen molar-refractivity contribution in [2.45, 2.75) is 71.6 Å². The first-order valence-corrected chi connectivity index (χ1v) is 20.8. The molecule has 1 atom stereocenters. The van der Waals surface area contributed by atoms with Gasteiger partial charge in [0, 0.05) is 81.0 Å². The van der Waals surface area contributed by atoms with Crippen LogP contribution < -0.4 is 26.4 Å². The fourth-order valence-electron chi connectivity index (χ4n) is 8.71. The number of aromatic nitrogens is 4. The van der Waals surface area contributed by atoms with E-state index < -0.39 is 35.2 Å². The van der Waals surface area contributed by atoms with Crippen molar-refractivity contribution < 1.29 is 33.0 Å². The van der Waals surface area contributed by atoms with E-state index in [2.05, 4.69) is 25.1 Å². The fraction of sp³-hybridized carbons (Fsp3) is 0.400. The number of anilines is 3. The van der Waals surface area contributed by atoms with Gasteiger partial charge in [0.1, 0.15) is 52.7 Å². The lowest BCUT2D eigenvalue weighted by Crippen LogP contribution is -2.61. The van der Waals surface area contributed by atoms with Gasteiger partial charge < -0.3 is 36.1 Å². The maximum Gasteiger partial charge on any atom is 0.306 e. The topological polar surface area (TPSA) is 204 Å². The first kappa shape index (κ1) is 42.1. The molecule has 3 amide bonds. The summed E-state index contributed by atoms with van der Waals surface area (Å²) < 4.78 is 29.2. The van der Waals surface area contributed by atoms with Crippen molar-refractivity contribution >= 4 is 46.8 Å². The van der Waals surface area contributed by atoms with Crippen LogP contribution in [0.2, 0.25) is 0 Å². The number of rotatable bonds is 13. The van der Waals surface area contributed by atoms with E-state index >= 15 is 4.39 Å². The first-order chi connectivity index (χ1) is 29.6. The van der Waals surface area contributed by atoms with Gasteiger partial charge >= 0.3 is 5.97 Å². The summed E-state index contributed by atoms with van der Waals surface area (Å²) in [6.07, 6.45) is 6.91. The van der Waals surface area contributed by atoms with Crippen LogP contribution in [-0.4, -0.2) is 104 Å². The van der Waals surface area contributed by atoms with E-state index in [9.17, 15) is 19.2 Å². The minimum atomic E-state index is -0.941. The number of imidazole rings is 1. The molecule has 2 saturated heterocycles. The van der Waals surface area contributed by atoms with Crippen molar-refractivity contribution in [1.29, 1.82) is 0 Å². The number of carbonyl (C=O) groups is 4. The molecule has 2 aromatic carbocycles. The molecule has 17 heteroatoms. The lowest BCUT2D eigenvalue weighted by molar-refractivity contribution is -0.155. The predicted molar refractivity (Wildman–Crippen MR) is 230 cm³/mol. The molecule has 0 bridgehead atoms. The number of halogens is 1. The smallest absolute Gasteiger partial charge is 0.306 e. The van der Waals surface area contributed by atoms with Crippen molar-refractivity contribution in [2.75, 3.05) is 55.3 Å². The molecule has 16 nitrogen and oxygen atoms in total. The lowest BCUT2D eigenvalue weighted by Gasteiger charge is -2.54. The summed E-state index contributed by atoms with van der Waals surface area (Å²) in [5, 5.41) is 2.72. The van der Waals surface area contributed by atoms with E-state index in [4.69, 9.17) is 25.9 Å². The summed E-state index contributed by atoms with van der Waals surface area (Å²) in [6.45, 7) is 12.0. The number of esters is 1. The molecule has 62 heavy (non-hydrogen) atoms. The van der Waals surface area contributed by atoms with Gasteiger partial charge in [-0.1, -0.05) is 0 Å². The Kier molecular flexibility index (Phi) is 11.3. The Morgan fingerprint density at radius 2 is 1.76 bits per heavy atom. The zero-order valence-corrected chi connectivity index (χ0v) is 35.3. The molecular weight excluding hydrogens is 796 g/mol. The van der Waals surface area contributed by atoms with Crippen LogP contribution in [0.15, 0.2) is 67.1 Å². The highest BCUT2D eigenvalue weighted by molar-refractivity contribution is 6.04. The number of fused-ring (bicyclic) bond motifs is 2. The SMILES string of the molecule is Cc1ccnc(NC(=O)c2ccc(-c3nc(N4CCC5(CC4)CN(CCOc4ccc6c(c4)CN(C(CCC(=O)OC(C)(C)C)C(N)=O)C6=O)C5)n4ccnc(N)c34)c(F)c2)c1. The molecule has 324 valence electrons. The number of hydrogen-bond donors (Lipinski definition) is 3. The molecule has 5 N–H and O–H groups in total. The number of benzene rings is 2. The lowest BCUT2D eigenvalue weighted by atomic mass is 9.72. The number of amides is 3. The van der Waals surface area contributed by atoms with E-state index in [1.54, 1.807) is 69.7 Å². The van der Waals surface area contributed by atoms with Crippen LogP contribution in [0.1, 0.15) is 78.3 Å². The van der Waals surface area contributed by atoms with Crippen molar-refractivity contribution in [1.82, 2.24) is 29.2 Å². The maximum absolute atomic E-state index is 15.8. The molecule has 1 unspecified atom stereocenters.